The van der Waals surface area contributed by atoms with Gasteiger partial charge in [-0.25, -0.2) is 0 Å². The highest BCUT2D eigenvalue weighted by molar-refractivity contribution is 5.06. The fourth-order valence-corrected chi connectivity index (χ4v) is 3.21. The Morgan fingerprint density at radius 2 is 2.17 bits per heavy atom. The Balaban J connectivity index is 1.56. The molecule has 1 fully saturated rings. The SMILES string of the molecule is CC1=CC(C)CC(CNCCN2CCOCC2)C1. The van der Waals surface area contributed by atoms with Crippen LogP contribution >= 0.6 is 0 Å². The minimum Gasteiger partial charge on any atom is -0.379 e. The molecule has 0 aromatic heterocycles. The number of allylic oxidation sites excluding steroid dienone is 2. The third kappa shape index (κ3) is 4.71. The van der Waals surface area contributed by atoms with Crippen molar-refractivity contribution in [2.75, 3.05) is 45.9 Å². The predicted molar refractivity (Wildman–Crippen MR) is 75.8 cm³/mol. The van der Waals surface area contributed by atoms with Gasteiger partial charge in [0.25, 0.3) is 0 Å². The lowest BCUT2D eigenvalue weighted by Gasteiger charge is -2.28. The van der Waals surface area contributed by atoms with Crippen LogP contribution in [0.3, 0.4) is 0 Å². The van der Waals surface area contributed by atoms with Gasteiger partial charge >= 0.3 is 0 Å². The van der Waals surface area contributed by atoms with Crippen molar-refractivity contribution in [1.29, 1.82) is 0 Å². The molecule has 2 rings (SSSR count). The maximum atomic E-state index is 5.36. The monoisotopic (exact) mass is 252 g/mol. The molecule has 1 saturated heterocycles. The Morgan fingerprint density at radius 3 is 2.89 bits per heavy atom. The molecule has 0 amide bonds. The molecule has 3 nitrogen and oxygen atoms in total. The van der Waals surface area contributed by atoms with E-state index in [-0.39, 0.29) is 0 Å². The number of hydrogen-bond acceptors (Lipinski definition) is 3. The minimum absolute atomic E-state index is 0.768. The first kappa shape index (κ1) is 14.0. The van der Waals surface area contributed by atoms with E-state index in [2.05, 4.69) is 30.1 Å². The van der Waals surface area contributed by atoms with Crippen LogP contribution in [0.15, 0.2) is 11.6 Å². The molecule has 1 N–H and O–H groups in total. The van der Waals surface area contributed by atoms with Crippen LogP contribution < -0.4 is 5.32 Å². The van der Waals surface area contributed by atoms with Gasteiger partial charge in [-0.3, -0.25) is 4.90 Å². The number of ether oxygens (including phenoxy) is 1. The maximum Gasteiger partial charge on any atom is 0.0594 e. The van der Waals surface area contributed by atoms with E-state index in [4.69, 9.17) is 4.74 Å². The highest BCUT2D eigenvalue weighted by Gasteiger charge is 2.17. The number of nitrogens with zero attached hydrogens (tertiary/aromatic N) is 1. The average molecular weight is 252 g/mol. The van der Waals surface area contributed by atoms with Gasteiger partial charge in [0, 0.05) is 26.2 Å². The van der Waals surface area contributed by atoms with Gasteiger partial charge in [-0.05, 0) is 38.1 Å². The van der Waals surface area contributed by atoms with Gasteiger partial charge in [-0.2, -0.15) is 0 Å². The second kappa shape index (κ2) is 7.27. The van der Waals surface area contributed by atoms with Gasteiger partial charge in [0.2, 0.25) is 0 Å². The van der Waals surface area contributed by atoms with Crippen molar-refractivity contribution in [3.8, 4) is 0 Å². The van der Waals surface area contributed by atoms with Gasteiger partial charge < -0.3 is 10.1 Å². The van der Waals surface area contributed by atoms with Gasteiger partial charge in [0.05, 0.1) is 13.2 Å². The third-order valence-corrected chi connectivity index (χ3v) is 4.03. The number of nitrogens with one attached hydrogen (secondary N) is 1. The quantitative estimate of drug-likeness (QED) is 0.597. The lowest BCUT2D eigenvalue weighted by molar-refractivity contribution is 0.0383. The van der Waals surface area contributed by atoms with Crippen LogP contribution in [0.4, 0.5) is 0 Å². The lowest BCUT2D eigenvalue weighted by atomic mass is 9.84. The Hall–Kier alpha value is -0.380. The second-order valence-corrected chi connectivity index (χ2v) is 5.95. The summed E-state index contributed by atoms with van der Waals surface area (Å²) in [6.45, 7) is 12.1. The smallest absolute Gasteiger partial charge is 0.0594 e. The molecule has 0 aromatic carbocycles. The van der Waals surface area contributed by atoms with E-state index < -0.39 is 0 Å². The fourth-order valence-electron chi connectivity index (χ4n) is 3.21. The summed E-state index contributed by atoms with van der Waals surface area (Å²) in [6.07, 6.45) is 5.07. The summed E-state index contributed by atoms with van der Waals surface area (Å²) < 4.78 is 5.36. The highest BCUT2D eigenvalue weighted by atomic mass is 16.5. The third-order valence-electron chi connectivity index (χ3n) is 4.03. The van der Waals surface area contributed by atoms with Crippen molar-refractivity contribution >= 4 is 0 Å². The van der Waals surface area contributed by atoms with Crippen molar-refractivity contribution in [1.82, 2.24) is 10.2 Å². The van der Waals surface area contributed by atoms with Crippen molar-refractivity contribution in [3.05, 3.63) is 11.6 Å². The number of hydrogen-bond donors (Lipinski definition) is 1. The zero-order valence-corrected chi connectivity index (χ0v) is 12.0. The molecule has 0 radical (unpaired) electrons. The van der Waals surface area contributed by atoms with Crippen LogP contribution in [-0.4, -0.2) is 50.8 Å². The zero-order valence-electron chi connectivity index (χ0n) is 12.0. The molecule has 0 aromatic rings. The summed E-state index contributed by atoms with van der Waals surface area (Å²) in [7, 11) is 0. The van der Waals surface area contributed by atoms with Crippen LogP contribution in [-0.2, 0) is 4.74 Å². The highest BCUT2D eigenvalue weighted by Crippen LogP contribution is 2.27. The molecule has 18 heavy (non-hydrogen) atoms. The molecule has 2 atom stereocenters. The molecule has 3 heteroatoms. The molecular weight excluding hydrogens is 224 g/mol. The molecule has 104 valence electrons. The summed E-state index contributed by atoms with van der Waals surface area (Å²) in [6, 6.07) is 0. The number of rotatable bonds is 5. The largest absolute Gasteiger partial charge is 0.379 e. The molecule has 1 aliphatic heterocycles. The fraction of sp³-hybridized carbons (Fsp3) is 0.867. The molecule has 0 bridgehead atoms. The normalized spacial score (nSPS) is 30.2. The molecule has 0 saturated carbocycles. The summed E-state index contributed by atoms with van der Waals surface area (Å²) in [4.78, 5) is 2.49. The lowest BCUT2D eigenvalue weighted by Crippen LogP contribution is -2.41. The number of morpholine rings is 1. The van der Waals surface area contributed by atoms with E-state index >= 15 is 0 Å². The summed E-state index contributed by atoms with van der Waals surface area (Å²) in [5.74, 6) is 1.61. The Bertz CT molecular complexity index is 272. The van der Waals surface area contributed by atoms with Crippen LogP contribution in [0.5, 0.6) is 0 Å². The van der Waals surface area contributed by atoms with Crippen LogP contribution in [0, 0.1) is 11.8 Å². The average Bonchev–Trinajstić information content (AvgIpc) is 2.35. The maximum absolute atomic E-state index is 5.36. The van der Waals surface area contributed by atoms with Crippen molar-refractivity contribution in [2.45, 2.75) is 26.7 Å². The van der Waals surface area contributed by atoms with Crippen molar-refractivity contribution < 1.29 is 4.74 Å². The predicted octanol–water partition coefficient (Wildman–Crippen LogP) is 1.90. The Kier molecular flexibility index (Phi) is 5.67. The first-order valence-corrected chi connectivity index (χ1v) is 7.42. The zero-order chi connectivity index (χ0) is 12.8. The van der Waals surface area contributed by atoms with Crippen LogP contribution in [0.25, 0.3) is 0 Å². The Morgan fingerprint density at radius 1 is 1.39 bits per heavy atom. The van der Waals surface area contributed by atoms with Gasteiger partial charge in [0.15, 0.2) is 0 Å². The van der Waals surface area contributed by atoms with E-state index in [1.54, 1.807) is 5.57 Å². The van der Waals surface area contributed by atoms with Crippen molar-refractivity contribution in [2.24, 2.45) is 11.8 Å². The van der Waals surface area contributed by atoms with Crippen LogP contribution in [0.2, 0.25) is 0 Å². The second-order valence-electron chi connectivity index (χ2n) is 5.95. The molecular formula is C15H28N2O. The standard InChI is InChI=1S/C15H28N2O/c1-13-9-14(2)11-15(10-13)12-16-3-4-17-5-7-18-8-6-17/h9,13,15-16H,3-8,10-12H2,1-2H3. The van der Waals surface area contributed by atoms with E-state index in [1.807, 2.05) is 0 Å². The Labute approximate surface area is 112 Å². The molecule has 1 aliphatic carbocycles. The summed E-state index contributed by atoms with van der Waals surface area (Å²) >= 11 is 0. The first-order valence-electron chi connectivity index (χ1n) is 7.42. The van der Waals surface area contributed by atoms with Gasteiger partial charge in [-0.1, -0.05) is 18.6 Å². The van der Waals surface area contributed by atoms with E-state index in [9.17, 15) is 0 Å². The van der Waals surface area contributed by atoms with E-state index in [0.29, 0.717) is 0 Å². The van der Waals surface area contributed by atoms with Crippen LogP contribution in [0.1, 0.15) is 26.7 Å². The topological polar surface area (TPSA) is 24.5 Å². The van der Waals surface area contributed by atoms with Gasteiger partial charge in [-0.15, -0.1) is 0 Å². The van der Waals surface area contributed by atoms with E-state index in [0.717, 1.165) is 44.7 Å². The van der Waals surface area contributed by atoms with Gasteiger partial charge in [0.1, 0.15) is 0 Å². The molecule has 2 unspecified atom stereocenters. The summed E-state index contributed by atoms with van der Waals surface area (Å²) in [5, 5.41) is 3.63. The van der Waals surface area contributed by atoms with E-state index in [1.165, 1.54) is 25.9 Å². The summed E-state index contributed by atoms with van der Waals surface area (Å²) in [5.41, 5.74) is 1.58. The van der Waals surface area contributed by atoms with Crippen molar-refractivity contribution in [3.63, 3.8) is 0 Å². The first-order chi connectivity index (χ1) is 8.74. The molecule has 0 spiro atoms. The molecule has 2 aliphatic rings. The molecule has 1 heterocycles. The minimum atomic E-state index is 0.768.